The molecule has 0 N–H and O–H groups in total. The summed E-state index contributed by atoms with van der Waals surface area (Å²) in [6.07, 6.45) is 0.572. The summed E-state index contributed by atoms with van der Waals surface area (Å²) < 4.78 is 58.4. The molecule has 0 aliphatic carbocycles. The number of carbonyl (C=O) groups excluding carboxylic acids is 1. The van der Waals surface area contributed by atoms with Crippen molar-refractivity contribution >= 4 is 15.9 Å². The van der Waals surface area contributed by atoms with Gasteiger partial charge < -0.3 is 9.64 Å². The van der Waals surface area contributed by atoms with Crippen molar-refractivity contribution < 1.29 is 26.7 Å². The lowest BCUT2D eigenvalue weighted by Crippen LogP contribution is -2.40. The number of hydrogen-bond donors (Lipinski definition) is 0. The van der Waals surface area contributed by atoms with Crippen molar-refractivity contribution in [1.29, 1.82) is 0 Å². The highest BCUT2D eigenvalue weighted by Crippen LogP contribution is 2.36. The molecule has 2 unspecified atom stereocenters. The number of benzene rings is 1. The number of nitrogens with zero attached hydrogens (tertiary/aromatic N) is 2. The molecule has 0 aromatic heterocycles. The van der Waals surface area contributed by atoms with Gasteiger partial charge in [-0.2, -0.15) is 4.31 Å². The molecule has 3 rings (SSSR count). The van der Waals surface area contributed by atoms with Crippen molar-refractivity contribution in [1.82, 2.24) is 9.21 Å². The molecule has 1 aromatic rings. The third-order valence-electron chi connectivity index (χ3n) is 4.54. The minimum absolute atomic E-state index is 0.0748. The van der Waals surface area contributed by atoms with E-state index in [1.807, 2.05) is 0 Å². The van der Waals surface area contributed by atoms with Crippen LogP contribution in [0.15, 0.2) is 23.1 Å². The van der Waals surface area contributed by atoms with Crippen LogP contribution in [0.2, 0.25) is 0 Å². The maximum atomic E-state index is 13.4. The van der Waals surface area contributed by atoms with E-state index in [4.69, 9.17) is 4.74 Å². The monoisotopic (exact) mass is 360 g/mol. The highest BCUT2D eigenvalue weighted by molar-refractivity contribution is 7.89. The summed E-state index contributed by atoms with van der Waals surface area (Å²) in [5.74, 6) is -2.03. The van der Waals surface area contributed by atoms with Crippen LogP contribution in [0.25, 0.3) is 0 Å². The van der Waals surface area contributed by atoms with Crippen LogP contribution in [-0.4, -0.2) is 62.4 Å². The molecule has 6 nitrogen and oxygen atoms in total. The second-order valence-corrected chi connectivity index (χ2v) is 7.82. The van der Waals surface area contributed by atoms with E-state index in [9.17, 15) is 22.0 Å². The lowest BCUT2D eigenvalue weighted by molar-refractivity contribution is -0.129. The summed E-state index contributed by atoms with van der Waals surface area (Å²) in [4.78, 5) is 13.3. The summed E-state index contributed by atoms with van der Waals surface area (Å²) in [5.41, 5.74) is 0. The molecule has 0 radical (unpaired) electrons. The molecule has 2 aliphatic rings. The summed E-state index contributed by atoms with van der Waals surface area (Å²) in [7, 11) is -2.53. The quantitative estimate of drug-likeness (QED) is 0.785. The number of likely N-dealkylation sites (tertiary alicyclic amines) is 1. The van der Waals surface area contributed by atoms with Gasteiger partial charge in [0.15, 0.2) is 0 Å². The second kappa shape index (κ2) is 6.38. The number of hydrogen-bond acceptors (Lipinski definition) is 4. The highest BCUT2D eigenvalue weighted by atomic mass is 32.2. The minimum Gasteiger partial charge on any atom is -0.383 e. The number of rotatable bonds is 5. The molecule has 2 saturated heterocycles. The van der Waals surface area contributed by atoms with Gasteiger partial charge in [-0.25, -0.2) is 17.2 Å². The first-order chi connectivity index (χ1) is 11.3. The third-order valence-corrected chi connectivity index (χ3v) is 6.44. The summed E-state index contributed by atoms with van der Waals surface area (Å²) >= 11 is 0. The SMILES string of the molecule is COCCN1C(=O)CC2C1CCN2S(=O)(=O)c1cc(F)cc(F)c1. The van der Waals surface area contributed by atoms with Crippen LogP contribution in [0.5, 0.6) is 0 Å². The number of sulfonamides is 1. The molecule has 2 heterocycles. The minimum atomic E-state index is -4.06. The Balaban J connectivity index is 1.87. The van der Waals surface area contributed by atoms with Crippen molar-refractivity contribution in [2.45, 2.75) is 29.8 Å². The van der Waals surface area contributed by atoms with E-state index in [2.05, 4.69) is 0 Å². The topological polar surface area (TPSA) is 66.9 Å². The molecule has 9 heteroatoms. The van der Waals surface area contributed by atoms with Crippen molar-refractivity contribution in [2.75, 3.05) is 26.8 Å². The Morgan fingerprint density at radius 2 is 1.88 bits per heavy atom. The molecule has 0 bridgehead atoms. The van der Waals surface area contributed by atoms with E-state index in [1.54, 1.807) is 4.90 Å². The van der Waals surface area contributed by atoms with Crippen molar-refractivity contribution in [3.63, 3.8) is 0 Å². The van der Waals surface area contributed by atoms with Crippen LogP contribution < -0.4 is 0 Å². The van der Waals surface area contributed by atoms with Gasteiger partial charge in [0, 0.05) is 32.7 Å². The Bertz CT molecular complexity index is 736. The molecule has 0 spiro atoms. The Hall–Kier alpha value is -1.58. The van der Waals surface area contributed by atoms with E-state index in [1.165, 1.54) is 11.4 Å². The Labute approximate surface area is 139 Å². The van der Waals surface area contributed by atoms with Crippen LogP contribution in [0.1, 0.15) is 12.8 Å². The molecule has 2 fully saturated rings. The van der Waals surface area contributed by atoms with E-state index >= 15 is 0 Å². The number of methoxy groups -OCH3 is 1. The van der Waals surface area contributed by atoms with Crippen LogP contribution in [0.3, 0.4) is 0 Å². The predicted molar refractivity (Wildman–Crippen MR) is 80.6 cm³/mol. The fraction of sp³-hybridized carbons (Fsp3) is 0.533. The van der Waals surface area contributed by atoms with Gasteiger partial charge in [-0.05, 0) is 18.6 Å². The molecule has 2 atom stereocenters. The van der Waals surface area contributed by atoms with Crippen molar-refractivity contribution in [3.8, 4) is 0 Å². The molecule has 2 aliphatic heterocycles. The first-order valence-electron chi connectivity index (χ1n) is 7.61. The van der Waals surface area contributed by atoms with Crippen molar-refractivity contribution in [2.24, 2.45) is 0 Å². The van der Waals surface area contributed by atoms with Crippen LogP contribution in [0.4, 0.5) is 8.78 Å². The van der Waals surface area contributed by atoms with Gasteiger partial charge in [-0.15, -0.1) is 0 Å². The smallest absolute Gasteiger partial charge is 0.243 e. The van der Waals surface area contributed by atoms with E-state index in [0.717, 1.165) is 12.1 Å². The summed E-state index contributed by atoms with van der Waals surface area (Å²) in [5, 5.41) is 0. The van der Waals surface area contributed by atoms with E-state index in [-0.39, 0.29) is 24.9 Å². The maximum absolute atomic E-state index is 13.4. The van der Waals surface area contributed by atoms with Gasteiger partial charge >= 0.3 is 0 Å². The Morgan fingerprint density at radius 1 is 1.21 bits per heavy atom. The first-order valence-corrected chi connectivity index (χ1v) is 9.05. The van der Waals surface area contributed by atoms with Gasteiger partial charge in [0.1, 0.15) is 11.6 Å². The standard InChI is InChI=1S/C15H18F2N2O4S/c1-23-5-4-18-13-2-3-19(14(13)9-15(18)20)24(21,22)12-7-10(16)6-11(17)8-12/h6-8,13-14H,2-5,9H2,1H3. The summed E-state index contributed by atoms with van der Waals surface area (Å²) in [6, 6.07) is 1.49. The van der Waals surface area contributed by atoms with Crippen molar-refractivity contribution in [3.05, 3.63) is 29.8 Å². The fourth-order valence-corrected chi connectivity index (χ4v) is 5.19. The lowest BCUT2D eigenvalue weighted by Gasteiger charge is -2.25. The number of ether oxygens (including phenoxy) is 1. The molecule has 132 valence electrons. The largest absolute Gasteiger partial charge is 0.383 e. The lowest BCUT2D eigenvalue weighted by atomic mass is 10.1. The first kappa shape index (κ1) is 17.2. The molecule has 1 amide bonds. The molecule has 0 saturated carbocycles. The average molecular weight is 360 g/mol. The van der Waals surface area contributed by atoms with Crippen LogP contribution in [-0.2, 0) is 19.6 Å². The van der Waals surface area contributed by atoms with Crippen LogP contribution in [0, 0.1) is 11.6 Å². The zero-order valence-electron chi connectivity index (χ0n) is 13.1. The van der Waals surface area contributed by atoms with Gasteiger partial charge in [0.2, 0.25) is 15.9 Å². The van der Waals surface area contributed by atoms with E-state index < -0.39 is 32.6 Å². The fourth-order valence-electron chi connectivity index (χ4n) is 3.48. The average Bonchev–Trinajstić information content (AvgIpc) is 3.03. The third kappa shape index (κ3) is 2.91. The van der Waals surface area contributed by atoms with Gasteiger partial charge in [-0.1, -0.05) is 0 Å². The number of halogens is 2. The molecular formula is C15H18F2N2O4S. The van der Waals surface area contributed by atoms with E-state index in [0.29, 0.717) is 25.6 Å². The maximum Gasteiger partial charge on any atom is 0.243 e. The molecule has 1 aromatic carbocycles. The zero-order chi connectivity index (χ0) is 17.5. The zero-order valence-corrected chi connectivity index (χ0v) is 13.9. The normalized spacial score (nSPS) is 24.6. The summed E-state index contributed by atoms with van der Waals surface area (Å²) in [6.45, 7) is 0.988. The molecular weight excluding hydrogens is 342 g/mol. The van der Waals surface area contributed by atoms with Crippen LogP contribution >= 0.6 is 0 Å². The second-order valence-electron chi connectivity index (χ2n) is 5.93. The number of amides is 1. The Kier molecular flexibility index (Phi) is 4.58. The van der Waals surface area contributed by atoms with Gasteiger partial charge in [0.25, 0.3) is 0 Å². The van der Waals surface area contributed by atoms with Gasteiger partial charge in [-0.3, -0.25) is 4.79 Å². The molecule has 24 heavy (non-hydrogen) atoms. The highest BCUT2D eigenvalue weighted by Gasteiger charge is 2.50. The number of fused-ring (bicyclic) bond motifs is 1. The Morgan fingerprint density at radius 3 is 2.50 bits per heavy atom. The number of carbonyl (C=O) groups is 1. The van der Waals surface area contributed by atoms with Gasteiger partial charge in [0.05, 0.1) is 23.6 Å². The predicted octanol–water partition coefficient (Wildman–Crippen LogP) is 0.975.